The third kappa shape index (κ3) is 2.71. The Morgan fingerprint density at radius 3 is 2.58 bits per heavy atom. The van der Waals surface area contributed by atoms with Crippen LogP contribution in [0.1, 0.15) is 13.8 Å². The smallest absolute Gasteiger partial charge is 0.119 e. The fraction of sp³-hybridized carbons (Fsp3) is 0.318. The summed E-state index contributed by atoms with van der Waals surface area (Å²) in [6.07, 6.45) is 2.01. The molecule has 0 fully saturated rings. The van der Waals surface area contributed by atoms with Gasteiger partial charge in [-0.2, -0.15) is 0 Å². The molecule has 4 nitrogen and oxygen atoms in total. The summed E-state index contributed by atoms with van der Waals surface area (Å²) in [4.78, 5) is 7.16. The molecule has 0 aliphatic carbocycles. The molecule has 0 aliphatic heterocycles. The highest BCUT2D eigenvalue weighted by atomic mass is 16.5. The molecule has 134 valence electrons. The zero-order chi connectivity index (χ0) is 18.1. The van der Waals surface area contributed by atoms with Crippen molar-refractivity contribution < 1.29 is 4.74 Å². The average Bonchev–Trinajstić information content (AvgIpc) is 3.02. The maximum absolute atomic E-state index is 5.47. The Morgan fingerprint density at radius 2 is 1.81 bits per heavy atom. The number of fused-ring (bicyclic) bond motifs is 5. The minimum atomic E-state index is 0.868. The highest BCUT2D eigenvalue weighted by Gasteiger charge is 2.15. The van der Waals surface area contributed by atoms with Gasteiger partial charge in [0, 0.05) is 41.0 Å². The van der Waals surface area contributed by atoms with Crippen LogP contribution in [0.4, 0.5) is 0 Å². The first kappa shape index (κ1) is 16.9. The van der Waals surface area contributed by atoms with Crippen LogP contribution in [0.3, 0.4) is 0 Å². The molecule has 2 aromatic carbocycles. The molecule has 2 aromatic heterocycles. The molecule has 0 bridgehead atoms. The minimum absolute atomic E-state index is 0.868. The summed E-state index contributed by atoms with van der Waals surface area (Å²) >= 11 is 0. The Balaban J connectivity index is 2.00. The molecule has 0 amide bonds. The number of benzene rings is 2. The second kappa shape index (κ2) is 6.96. The predicted octanol–water partition coefficient (Wildman–Crippen LogP) is 4.69. The summed E-state index contributed by atoms with van der Waals surface area (Å²) in [5, 5.41) is 3.62. The fourth-order valence-electron chi connectivity index (χ4n) is 3.84. The number of hydrogen-bond acceptors (Lipinski definition) is 3. The van der Waals surface area contributed by atoms with E-state index in [4.69, 9.17) is 9.72 Å². The lowest BCUT2D eigenvalue weighted by molar-refractivity contribution is 0.293. The Labute approximate surface area is 154 Å². The number of methoxy groups -OCH3 is 1. The van der Waals surface area contributed by atoms with Crippen LogP contribution in [0.5, 0.6) is 5.75 Å². The molecule has 0 radical (unpaired) electrons. The predicted molar refractivity (Wildman–Crippen MR) is 109 cm³/mol. The normalized spacial score (nSPS) is 11.8. The Bertz CT molecular complexity index is 1060. The fourth-order valence-corrected chi connectivity index (χ4v) is 3.84. The topological polar surface area (TPSA) is 30.3 Å². The van der Waals surface area contributed by atoms with Crippen molar-refractivity contribution in [2.24, 2.45) is 0 Å². The van der Waals surface area contributed by atoms with Gasteiger partial charge in [0.05, 0.1) is 18.1 Å². The van der Waals surface area contributed by atoms with E-state index < -0.39 is 0 Å². The summed E-state index contributed by atoms with van der Waals surface area (Å²) in [5.41, 5.74) is 3.53. The molecule has 0 N–H and O–H groups in total. The van der Waals surface area contributed by atoms with Crippen molar-refractivity contribution >= 4 is 32.7 Å². The van der Waals surface area contributed by atoms with E-state index in [1.807, 2.05) is 18.3 Å². The lowest BCUT2D eigenvalue weighted by atomic mass is 10.1. The molecule has 4 rings (SSSR count). The van der Waals surface area contributed by atoms with Crippen molar-refractivity contribution in [1.82, 2.24) is 14.5 Å². The molecule has 26 heavy (non-hydrogen) atoms. The van der Waals surface area contributed by atoms with Crippen molar-refractivity contribution in [1.29, 1.82) is 0 Å². The second-order valence-corrected chi connectivity index (χ2v) is 6.60. The van der Waals surface area contributed by atoms with E-state index >= 15 is 0 Å². The van der Waals surface area contributed by atoms with Crippen molar-refractivity contribution in [2.75, 3.05) is 26.7 Å². The zero-order valence-corrected chi connectivity index (χ0v) is 15.7. The quantitative estimate of drug-likeness (QED) is 0.507. The van der Waals surface area contributed by atoms with Crippen molar-refractivity contribution in [3.05, 3.63) is 48.7 Å². The van der Waals surface area contributed by atoms with Crippen LogP contribution in [0.25, 0.3) is 32.7 Å². The SMILES string of the molecule is CCN(CC)CCn1c2ccccc2c2cnc3ccc(OC)cc3c21. The Kier molecular flexibility index (Phi) is 4.51. The van der Waals surface area contributed by atoms with Crippen LogP contribution in [0.2, 0.25) is 0 Å². The van der Waals surface area contributed by atoms with Gasteiger partial charge in [-0.25, -0.2) is 0 Å². The average molecular weight is 347 g/mol. The zero-order valence-electron chi connectivity index (χ0n) is 15.7. The van der Waals surface area contributed by atoms with E-state index in [1.165, 1.54) is 21.8 Å². The molecule has 0 aliphatic rings. The number of pyridine rings is 1. The molecule has 0 spiro atoms. The van der Waals surface area contributed by atoms with Gasteiger partial charge in [-0.1, -0.05) is 32.0 Å². The standard InChI is InChI=1S/C22H25N3O/c1-4-24(5-2)12-13-25-21-9-7-6-8-17(21)19-15-23-20-11-10-16(26-3)14-18(20)22(19)25/h6-11,14-15H,4-5,12-13H2,1-3H3. The number of ether oxygens (including phenoxy) is 1. The number of aromatic nitrogens is 2. The van der Waals surface area contributed by atoms with E-state index in [0.717, 1.165) is 42.8 Å². The molecular weight excluding hydrogens is 322 g/mol. The van der Waals surface area contributed by atoms with E-state index in [9.17, 15) is 0 Å². The van der Waals surface area contributed by atoms with Crippen LogP contribution in [-0.2, 0) is 6.54 Å². The first-order valence-electron chi connectivity index (χ1n) is 9.32. The van der Waals surface area contributed by atoms with Crippen LogP contribution in [0.15, 0.2) is 48.7 Å². The van der Waals surface area contributed by atoms with Crippen LogP contribution >= 0.6 is 0 Å². The van der Waals surface area contributed by atoms with E-state index in [0.29, 0.717) is 0 Å². The van der Waals surface area contributed by atoms with Crippen molar-refractivity contribution in [2.45, 2.75) is 20.4 Å². The van der Waals surface area contributed by atoms with Gasteiger partial charge in [0.15, 0.2) is 0 Å². The Hall–Kier alpha value is -2.59. The third-order valence-corrected chi connectivity index (χ3v) is 5.34. The number of para-hydroxylation sites is 1. The maximum Gasteiger partial charge on any atom is 0.119 e. The van der Waals surface area contributed by atoms with Crippen LogP contribution < -0.4 is 4.74 Å². The molecule has 4 aromatic rings. The lowest BCUT2D eigenvalue weighted by Crippen LogP contribution is -2.27. The number of rotatable bonds is 6. The van der Waals surface area contributed by atoms with E-state index in [-0.39, 0.29) is 0 Å². The number of nitrogens with zero attached hydrogens (tertiary/aromatic N) is 3. The largest absolute Gasteiger partial charge is 0.497 e. The number of likely N-dealkylation sites (N-methyl/N-ethyl adjacent to an activating group) is 1. The highest BCUT2D eigenvalue weighted by molar-refractivity contribution is 6.16. The van der Waals surface area contributed by atoms with Gasteiger partial charge in [0.25, 0.3) is 0 Å². The first-order chi connectivity index (χ1) is 12.8. The maximum atomic E-state index is 5.47. The van der Waals surface area contributed by atoms with Gasteiger partial charge in [-0.05, 0) is 37.4 Å². The first-order valence-corrected chi connectivity index (χ1v) is 9.32. The van der Waals surface area contributed by atoms with Gasteiger partial charge < -0.3 is 14.2 Å². The molecule has 2 heterocycles. The monoisotopic (exact) mass is 347 g/mol. The minimum Gasteiger partial charge on any atom is -0.497 e. The van der Waals surface area contributed by atoms with E-state index in [1.54, 1.807) is 7.11 Å². The van der Waals surface area contributed by atoms with E-state index in [2.05, 4.69) is 53.6 Å². The molecule has 0 atom stereocenters. The lowest BCUT2D eigenvalue weighted by Gasteiger charge is -2.19. The van der Waals surface area contributed by atoms with Crippen LogP contribution in [0, 0.1) is 0 Å². The van der Waals surface area contributed by atoms with Gasteiger partial charge in [0.2, 0.25) is 0 Å². The number of hydrogen-bond donors (Lipinski definition) is 0. The summed E-state index contributed by atoms with van der Waals surface area (Å²) in [6.45, 7) is 8.59. The van der Waals surface area contributed by atoms with Gasteiger partial charge in [-0.15, -0.1) is 0 Å². The summed E-state index contributed by atoms with van der Waals surface area (Å²) in [7, 11) is 1.71. The van der Waals surface area contributed by atoms with Crippen molar-refractivity contribution in [3.63, 3.8) is 0 Å². The molecule has 0 unspecified atom stereocenters. The van der Waals surface area contributed by atoms with Gasteiger partial charge in [0.1, 0.15) is 5.75 Å². The summed E-state index contributed by atoms with van der Waals surface area (Å²) in [6, 6.07) is 14.8. The molecule has 0 saturated heterocycles. The van der Waals surface area contributed by atoms with Crippen LogP contribution in [-0.4, -0.2) is 41.2 Å². The highest BCUT2D eigenvalue weighted by Crippen LogP contribution is 2.34. The molecule has 4 heteroatoms. The van der Waals surface area contributed by atoms with Gasteiger partial charge >= 0.3 is 0 Å². The third-order valence-electron chi connectivity index (χ3n) is 5.34. The van der Waals surface area contributed by atoms with Crippen molar-refractivity contribution in [3.8, 4) is 5.75 Å². The molecular formula is C22H25N3O. The summed E-state index contributed by atoms with van der Waals surface area (Å²) in [5.74, 6) is 0.868. The Morgan fingerprint density at radius 1 is 1.00 bits per heavy atom. The van der Waals surface area contributed by atoms with Gasteiger partial charge in [-0.3, -0.25) is 4.98 Å². The molecule has 0 saturated carbocycles. The second-order valence-electron chi connectivity index (χ2n) is 6.60. The summed E-state index contributed by atoms with van der Waals surface area (Å²) < 4.78 is 7.92.